The second-order valence-electron chi connectivity index (χ2n) is 6.52. The largest absolute Gasteiger partial charge is 0.512 e. The van der Waals surface area contributed by atoms with Gasteiger partial charge in [0.25, 0.3) is 5.56 Å². The third-order valence-corrected chi connectivity index (χ3v) is 4.81. The van der Waals surface area contributed by atoms with Crippen molar-refractivity contribution in [3.8, 4) is 5.75 Å². The first-order valence-electron chi connectivity index (χ1n) is 8.65. The van der Waals surface area contributed by atoms with Crippen LogP contribution in [0.2, 0.25) is 0 Å². The number of aromatic nitrogens is 2. The predicted molar refractivity (Wildman–Crippen MR) is 97.1 cm³/mol. The van der Waals surface area contributed by atoms with Gasteiger partial charge < -0.3 is 9.84 Å². The van der Waals surface area contributed by atoms with E-state index in [1.54, 1.807) is 20.4 Å². The number of nitrogens with zero attached hydrogens (tertiary/aromatic N) is 2. The van der Waals surface area contributed by atoms with Gasteiger partial charge in [-0.1, -0.05) is 24.3 Å². The summed E-state index contributed by atoms with van der Waals surface area (Å²) in [5.74, 6) is 1.07. The van der Waals surface area contributed by atoms with Crippen molar-refractivity contribution >= 4 is 0 Å². The lowest BCUT2D eigenvalue weighted by Gasteiger charge is -2.18. The van der Waals surface area contributed by atoms with Crippen LogP contribution in [-0.2, 0) is 19.9 Å². The number of benzene rings is 1. The number of aliphatic hydroxyl groups excluding tert-OH is 1. The lowest BCUT2D eigenvalue weighted by atomic mass is 9.89. The predicted octanol–water partition coefficient (Wildman–Crippen LogP) is 3.31. The molecule has 0 bridgehead atoms. The quantitative estimate of drug-likeness (QED) is 0.820. The Hall–Kier alpha value is -2.56. The molecule has 1 aliphatic rings. The van der Waals surface area contributed by atoms with E-state index in [1.807, 2.05) is 12.1 Å². The number of aliphatic hydroxyl groups is 1. The first kappa shape index (κ1) is 17.3. The fourth-order valence-corrected chi connectivity index (χ4v) is 3.09. The van der Waals surface area contributed by atoms with E-state index >= 15 is 0 Å². The summed E-state index contributed by atoms with van der Waals surface area (Å²) >= 11 is 0. The molecule has 0 aliphatic heterocycles. The van der Waals surface area contributed by atoms with Crippen molar-refractivity contribution in [2.45, 2.75) is 38.5 Å². The zero-order valence-electron chi connectivity index (χ0n) is 14.8. The van der Waals surface area contributed by atoms with E-state index in [9.17, 15) is 9.90 Å². The molecular formula is C20H24N2O3. The van der Waals surface area contributed by atoms with Crippen molar-refractivity contribution in [3.63, 3.8) is 0 Å². The molecule has 1 heterocycles. The van der Waals surface area contributed by atoms with Crippen LogP contribution >= 0.6 is 0 Å². The molecule has 1 saturated carbocycles. The van der Waals surface area contributed by atoms with Gasteiger partial charge in [-0.25, -0.2) is 4.68 Å². The molecule has 0 unspecified atom stereocenters. The van der Waals surface area contributed by atoms with E-state index in [2.05, 4.69) is 17.2 Å². The zero-order chi connectivity index (χ0) is 17.8. The molecular weight excluding hydrogens is 316 g/mol. The maximum absolute atomic E-state index is 12.3. The number of allylic oxidation sites excluding steroid dienone is 2. The Bertz CT molecular complexity index is 846. The van der Waals surface area contributed by atoms with Crippen LogP contribution in [0.15, 0.2) is 46.6 Å². The molecule has 1 aromatic carbocycles. The minimum atomic E-state index is -0.142. The average molecular weight is 340 g/mol. The first-order chi connectivity index (χ1) is 12.1. The van der Waals surface area contributed by atoms with Gasteiger partial charge in [0.05, 0.1) is 24.6 Å². The molecule has 5 heteroatoms. The summed E-state index contributed by atoms with van der Waals surface area (Å²) in [6.45, 7) is 0. The molecule has 0 atom stereocenters. The van der Waals surface area contributed by atoms with Gasteiger partial charge in [0.15, 0.2) is 0 Å². The highest BCUT2D eigenvalue weighted by Gasteiger charge is 2.14. The maximum atomic E-state index is 12.3. The Labute approximate surface area is 147 Å². The fraction of sp³-hybridized carbons (Fsp3) is 0.400. The summed E-state index contributed by atoms with van der Waals surface area (Å²) in [5.41, 5.74) is 3.89. The molecule has 0 spiro atoms. The SMILES string of the molecule is COc1cnn(C)c(=O)c1Cc1cccc(CCC(O)=C2CCC2)c1. The van der Waals surface area contributed by atoms with E-state index < -0.39 is 0 Å². The summed E-state index contributed by atoms with van der Waals surface area (Å²) < 4.78 is 6.62. The lowest BCUT2D eigenvalue weighted by Crippen LogP contribution is -2.24. The first-order valence-corrected chi connectivity index (χ1v) is 8.65. The summed E-state index contributed by atoms with van der Waals surface area (Å²) in [4.78, 5) is 12.3. The molecule has 1 aromatic heterocycles. The summed E-state index contributed by atoms with van der Waals surface area (Å²) in [6.07, 6.45) is 6.82. The van der Waals surface area contributed by atoms with Crippen LogP contribution in [0.3, 0.4) is 0 Å². The minimum Gasteiger partial charge on any atom is -0.512 e. The topological polar surface area (TPSA) is 64.4 Å². The van der Waals surface area contributed by atoms with Crippen molar-refractivity contribution < 1.29 is 9.84 Å². The molecule has 1 N–H and O–H groups in total. The van der Waals surface area contributed by atoms with E-state index in [-0.39, 0.29) is 5.56 Å². The normalized spacial score (nSPS) is 13.4. The van der Waals surface area contributed by atoms with E-state index in [1.165, 1.54) is 16.7 Å². The van der Waals surface area contributed by atoms with Crippen LogP contribution in [0.4, 0.5) is 0 Å². The molecule has 5 nitrogen and oxygen atoms in total. The molecule has 0 saturated heterocycles. The van der Waals surface area contributed by atoms with Gasteiger partial charge in [0.1, 0.15) is 5.75 Å². The number of hydrogen-bond acceptors (Lipinski definition) is 4. The van der Waals surface area contributed by atoms with Crippen LogP contribution in [0.5, 0.6) is 5.75 Å². The van der Waals surface area contributed by atoms with Crippen molar-refractivity contribution in [2.75, 3.05) is 7.11 Å². The second kappa shape index (κ2) is 7.55. The summed E-state index contributed by atoms with van der Waals surface area (Å²) in [7, 11) is 3.19. The fourth-order valence-electron chi connectivity index (χ4n) is 3.09. The van der Waals surface area contributed by atoms with Crippen molar-refractivity contribution in [1.29, 1.82) is 0 Å². The molecule has 0 radical (unpaired) electrons. The Morgan fingerprint density at radius 3 is 2.76 bits per heavy atom. The summed E-state index contributed by atoms with van der Waals surface area (Å²) in [6, 6.07) is 8.16. The van der Waals surface area contributed by atoms with Crippen LogP contribution in [0.1, 0.15) is 42.4 Å². The van der Waals surface area contributed by atoms with E-state index in [0.29, 0.717) is 29.9 Å². The van der Waals surface area contributed by atoms with Crippen LogP contribution in [0, 0.1) is 0 Å². The third-order valence-electron chi connectivity index (χ3n) is 4.81. The van der Waals surface area contributed by atoms with Crippen LogP contribution in [0.25, 0.3) is 0 Å². The van der Waals surface area contributed by atoms with Crippen molar-refractivity contribution in [3.05, 3.63) is 68.8 Å². The van der Waals surface area contributed by atoms with E-state index in [4.69, 9.17) is 4.74 Å². The zero-order valence-corrected chi connectivity index (χ0v) is 14.8. The molecule has 3 rings (SSSR count). The van der Waals surface area contributed by atoms with Gasteiger partial charge in [-0.15, -0.1) is 0 Å². The third kappa shape index (κ3) is 3.92. The van der Waals surface area contributed by atoms with Gasteiger partial charge in [-0.3, -0.25) is 4.79 Å². The van der Waals surface area contributed by atoms with Gasteiger partial charge in [-0.05, 0) is 42.4 Å². The Kier molecular flexibility index (Phi) is 5.22. The standard InChI is InChI=1S/C20H24N2O3/c1-22-20(24)17(19(25-2)13-21-22)12-15-6-3-5-14(11-15)9-10-18(23)16-7-4-8-16/h3,5-6,11,13,23H,4,7-10,12H2,1-2H3. The smallest absolute Gasteiger partial charge is 0.273 e. The highest BCUT2D eigenvalue weighted by Crippen LogP contribution is 2.29. The Morgan fingerprint density at radius 2 is 2.08 bits per heavy atom. The second-order valence-corrected chi connectivity index (χ2v) is 6.52. The van der Waals surface area contributed by atoms with Crippen LogP contribution < -0.4 is 10.3 Å². The number of aryl methyl sites for hydroxylation is 2. The molecule has 1 aliphatic carbocycles. The molecule has 132 valence electrons. The van der Waals surface area contributed by atoms with Gasteiger partial charge in [-0.2, -0.15) is 5.10 Å². The van der Waals surface area contributed by atoms with Gasteiger partial charge in [0.2, 0.25) is 0 Å². The molecule has 1 fully saturated rings. The number of methoxy groups -OCH3 is 1. The van der Waals surface area contributed by atoms with Gasteiger partial charge in [0, 0.05) is 19.9 Å². The minimum absolute atomic E-state index is 0.142. The van der Waals surface area contributed by atoms with Crippen molar-refractivity contribution in [1.82, 2.24) is 9.78 Å². The summed E-state index contributed by atoms with van der Waals surface area (Å²) in [5, 5.41) is 14.1. The molecule has 0 amide bonds. The van der Waals surface area contributed by atoms with Gasteiger partial charge >= 0.3 is 0 Å². The van der Waals surface area contributed by atoms with E-state index in [0.717, 1.165) is 30.4 Å². The number of ether oxygens (including phenoxy) is 1. The monoisotopic (exact) mass is 340 g/mol. The Balaban J connectivity index is 1.76. The maximum Gasteiger partial charge on any atom is 0.273 e. The molecule has 25 heavy (non-hydrogen) atoms. The average Bonchev–Trinajstić information content (AvgIpc) is 2.56. The number of rotatable bonds is 6. The highest BCUT2D eigenvalue weighted by atomic mass is 16.5. The lowest BCUT2D eigenvalue weighted by molar-refractivity contribution is 0.365. The van der Waals surface area contributed by atoms with Crippen LogP contribution in [-0.4, -0.2) is 22.0 Å². The number of hydrogen-bond donors (Lipinski definition) is 1. The molecule has 2 aromatic rings. The Morgan fingerprint density at radius 1 is 1.32 bits per heavy atom. The highest BCUT2D eigenvalue weighted by molar-refractivity contribution is 5.35. The van der Waals surface area contributed by atoms with Crippen molar-refractivity contribution in [2.24, 2.45) is 7.05 Å².